The highest BCUT2D eigenvalue weighted by Crippen LogP contribution is 2.45. The van der Waals surface area contributed by atoms with Crippen molar-refractivity contribution in [1.29, 1.82) is 0 Å². The van der Waals surface area contributed by atoms with Gasteiger partial charge in [-0.3, -0.25) is 0 Å². The van der Waals surface area contributed by atoms with Crippen molar-refractivity contribution in [2.75, 3.05) is 13.7 Å². The zero-order chi connectivity index (χ0) is 28.6. The van der Waals surface area contributed by atoms with Crippen molar-refractivity contribution in [3.63, 3.8) is 0 Å². The summed E-state index contributed by atoms with van der Waals surface area (Å²) in [7, 11) is -0.115. The van der Waals surface area contributed by atoms with Gasteiger partial charge in [-0.1, -0.05) is 60.6 Å². The molecule has 2 fully saturated rings. The minimum atomic E-state index is -1.79. The first kappa shape index (κ1) is 32.6. The minimum absolute atomic E-state index is 0.0418. The number of methoxy groups -OCH3 is 1. The summed E-state index contributed by atoms with van der Waals surface area (Å²) in [5.41, 5.74) is 1.71. The van der Waals surface area contributed by atoms with E-state index in [0.29, 0.717) is 31.1 Å². The van der Waals surface area contributed by atoms with E-state index in [0.717, 1.165) is 55.5 Å². The normalized spacial score (nSPS) is 30.6. The average Bonchev–Trinajstić information content (AvgIpc) is 2.94. The van der Waals surface area contributed by atoms with Crippen molar-refractivity contribution in [1.82, 2.24) is 0 Å². The summed E-state index contributed by atoms with van der Waals surface area (Å²) in [6.45, 7) is 17.0. The van der Waals surface area contributed by atoms with Gasteiger partial charge in [0.25, 0.3) is 0 Å². The minimum Gasteiger partial charge on any atom is -0.497 e. The molecule has 39 heavy (non-hydrogen) atoms. The first-order valence-corrected chi connectivity index (χ1v) is 17.9. The Hall–Kier alpha value is -0.963. The second kappa shape index (κ2) is 14.8. The van der Waals surface area contributed by atoms with E-state index >= 15 is 0 Å². The van der Waals surface area contributed by atoms with E-state index in [1.165, 1.54) is 0 Å². The zero-order valence-electron chi connectivity index (χ0n) is 25.9. The molecule has 6 unspecified atom stereocenters. The fraction of sp³-hybridized carbons (Fsp3) is 0.812. The van der Waals surface area contributed by atoms with Crippen LogP contribution in [0.4, 0.5) is 0 Å². The molecule has 1 N–H and O–H groups in total. The number of benzene rings is 1. The lowest BCUT2D eigenvalue weighted by Crippen LogP contribution is -2.57. The quantitative estimate of drug-likeness (QED) is 0.187. The van der Waals surface area contributed by atoms with Gasteiger partial charge in [0.15, 0.2) is 14.1 Å². The molecule has 7 heteroatoms. The molecule has 6 nitrogen and oxygen atoms in total. The molecule has 1 aromatic rings. The van der Waals surface area contributed by atoms with E-state index in [9.17, 15) is 5.11 Å². The molecule has 0 aromatic heterocycles. The summed E-state index contributed by atoms with van der Waals surface area (Å²) >= 11 is 0. The summed E-state index contributed by atoms with van der Waals surface area (Å²) < 4.78 is 31.8. The number of aliphatic hydroxyl groups excluding tert-OH is 1. The molecule has 2 aliphatic rings. The van der Waals surface area contributed by atoms with Crippen LogP contribution in [0.15, 0.2) is 24.3 Å². The number of rotatable bonds is 14. The van der Waals surface area contributed by atoms with Gasteiger partial charge in [0, 0.05) is 31.5 Å². The monoisotopic (exact) mass is 564 g/mol. The first-order chi connectivity index (χ1) is 18.6. The van der Waals surface area contributed by atoms with Gasteiger partial charge < -0.3 is 28.5 Å². The Morgan fingerprint density at radius 3 is 2.31 bits per heavy atom. The molecule has 0 radical (unpaired) electrons. The van der Waals surface area contributed by atoms with Crippen molar-refractivity contribution in [2.45, 2.75) is 141 Å². The second-order valence-corrected chi connectivity index (χ2v) is 17.3. The van der Waals surface area contributed by atoms with Gasteiger partial charge in [0.2, 0.25) is 0 Å². The summed E-state index contributed by atoms with van der Waals surface area (Å²) in [5.74, 6) is 0.610. The smallest absolute Gasteiger partial charge is 0.195 e. The van der Waals surface area contributed by atoms with Gasteiger partial charge in [0.1, 0.15) is 5.75 Å². The summed E-state index contributed by atoms with van der Waals surface area (Å²) in [6, 6.07) is 10.3. The Bertz CT molecular complexity index is 844. The van der Waals surface area contributed by atoms with Crippen LogP contribution in [0.1, 0.15) is 92.6 Å². The number of hydrogen-bond donors (Lipinski definition) is 1. The number of hydrogen-bond acceptors (Lipinski definition) is 6. The fourth-order valence-electron chi connectivity index (χ4n) is 6.48. The Morgan fingerprint density at radius 1 is 1.05 bits per heavy atom. The molecule has 0 saturated carbocycles. The van der Waals surface area contributed by atoms with Crippen LogP contribution < -0.4 is 4.74 Å². The van der Waals surface area contributed by atoms with E-state index < -0.39 is 20.2 Å². The molecule has 2 heterocycles. The number of aliphatic hydroxyl groups is 1. The fourth-order valence-corrected chi connectivity index (χ4v) is 10.1. The highest BCUT2D eigenvalue weighted by atomic mass is 28.4. The van der Waals surface area contributed by atoms with E-state index in [1.54, 1.807) is 7.11 Å². The van der Waals surface area contributed by atoms with Crippen LogP contribution in [-0.2, 0) is 25.2 Å². The van der Waals surface area contributed by atoms with Gasteiger partial charge in [-0.05, 0) is 66.9 Å². The Kier molecular flexibility index (Phi) is 12.3. The maximum atomic E-state index is 11.1. The molecule has 224 valence electrons. The molecule has 1 aromatic carbocycles. The van der Waals surface area contributed by atoms with Gasteiger partial charge in [0.05, 0.1) is 32.0 Å². The van der Waals surface area contributed by atoms with E-state index in [4.69, 9.17) is 23.4 Å². The van der Waals surface area contributed by atoms with Crippen LogP contribution in [-0.4, -0.2) is 57.3 Å². The summed E-state index contributed by atoms with van der Waals surface area (Å²) in [6.07, 6.45) is 4.75. The SMILES string of the molecule is CC[C@H](CC1OC2(CCC1C)CC(O)C(C)C(CCOCc1ccc(OC)cc1)O2)O[Si](CC)(CC)C(C)C. The third-order valence-electron chi connectivity index (χ3n) is 9.64. The van der Waals surface area contributed by atoms with Gasteiger partial charge in [-0.15, -0.1) is 0 Å². The standard InChI is InChI=1S/C32H56O6Si/c1-9-27(38-39(10-2,11-3)23(4)5)20-31-24(6)16-18-32(37-31)21-29(33)25(7)30(36-32)17-19-35-22-26-12-14-28(34-8)15-13-26/h12-15,23-25,27,29-31,33H,9-11,16-22H2,1-8H3/t24?,25?,27-,29?,30?,31?,32?/m1/s1. The van der Waals surface area contributed by atoms with Crippen molar-refractivity contribution in [3.05, 3.63) is 29.8 Å². The third-order valence-corrected chi connectivity index (χ3v) is 14.9. The molecule has 0 aliphatic carbocycles. The molecule has 2 saturated heterocycles. The van der Waals surface area contributed by atoms with Gasteiger partial charge in [-0.25, -0.2) is 0 Å². The highest BCUT2D eigenvalue weighted by molar-refractivity contribution is 6.75. The largest absolute Gasteiger partial charge is 0.497 e. The molecule has 2 aliphatic heterocycles. The van der Waals surface area contributed by atoms with Crippen molar-refractivity contribution >= 4 is 8.32 Å². The molecule has 0 bridgehead atoms. The maximum absolute atomic E-state index is 11.1. The van der Waals surface area contributed by atoms with Crippen LogP contribution in [0, 0.1) is 11.8 Å². The topological polar surface area (TPSA) is 66.4 Å². The van der Waals surface area contributed by atoms with Crippen LogP contribution in [0.2, 0.25) is 17.6 Å². The molecule has 3 rings (SSSR count). The predicted molar refractivity (Wildman–Crippen MR) is 160 cm³/mol. The Labute approximate surface area is 239 Å². The first-order valence-electron chi connectivity index (χ1n) is 15.5. The van der Waals surface area contributed by atoms with Crippen LogP contribution in [0.3, 0.4) is 0 Å². The van der Waals surface area contributed by atoms with Crippen LogP contribution in [0.5, 0.6) is 5.75 Å². The molecule has 0 amide bonds. The predicted octanol–water partition coefficient (Wildman–Crippen LogP) is 7.48. The molecular formula is C32H56O6Si. The maximum Gasteiger partial charge on any atom is 0.195 e. The summed E-state index contributed by atoms with van der Waals surface area (Å²) in [5, 5.41) is 11.1. The third kappa shape index (κ3) is 8.29. The highest BCUT2D eigenvalue weighted by Gasteiger charge is 2.50. The number of ether oxygens (including phenoxy) is 4. The van der Waals surface area contributed by atoms with Crippen molar-refractivity contribution < 1.29 is 28.5 Å². The van der Waals surface area contributed by atoms with E-state index in [1.807, 2.05) is 24.3 Å². The second-order valence-electron chi connectivity index (χ2n) is 12.4. The van der Waals surface area contributed by atoms with Crippen LogP contribution in [0.25, 0.3) is 0 Å². The Morgan fingerprint density at radius 2 is 1.72 bits per heavy atom. The van der Waals surface area contributed by atoms with Gasteiger partial charge >= 0.3 is 0 Å². The van der Waals surface area contributed by atoms with E-state index in [-0.39, 0.29) is 24.2 Å². The summed E-state index contributed by atoms with van der Waals surface area (Å²) in [4.78, 5) is 0. The molecule has 7 atom stereocenters. The van der Waals surface area contributed by atoms with Gasteiger partial charge in [-0.2, -0.15) is 0 Å². The van der Waals surface area contributed by atoms with Crippen LogP contribution >= 0.6 is 0 Å². The zero-order valence-corrected chi connectivity index (χ0v) is 26.9. The Balaban J connectivity index is 1.60. The average molecular weight is 565 g/mol. The lowest BCUT2D eigenvalue weighted by atomic mass is 9.81. The van der Waals surface area contributed by atoms with Crippen molar-refractivity contribution in [3.8, 4) is 5.75 Å². The lowest BCUT2D eigenvalue weighted by molar-refractivity contribution is -0.348. The van der Waals surface area contributed by atoms with E-state index in [2.05, 4.69) is 48.5 Å². The lowest BCUT2D eigenvalue weighted by Gasteiger charge is -2.51. The van der Waals surface area contributed by atoms with Crippen molar-refractivity contribution in [2.24, 2.45) is 11.8 Å². The molecule has 1 spiro atoms. The molecular weight excluding hydrogens is 508 g/mol.